The molecule has 11 heteroatoms. The summed E-state index contributed by atoms with van der Waals surface area (Å²) < 4.78 is 11.7. The molecule has 278 valence electrons. The molecule has 3 fully saturated rings. The maximum absolute atomic E-state index is 12.4. The summed E-state index contributed by atoms with van der Waals surface area (Å²) in [6.07, 6.45) is 6.19. The number of nitrogens with zero attached hydrogens (tertiary/aromatic N) is 7. The molecule has 3 aliphatic rings. The minimum Gasteiger partial charge on any atom is -0.487 e. The number of carbonyl (C=O) groups is 1. The summed E-state index contributed by atoms with van der Waals surface area (Å²) in [5, 5.41) is 9.96. The van der Waals surface area contributed by atoms with Crippen molar-refractivity contribution in [1.82, 2.24) is 24.7 Å². The summed E-state index contributed by atoms with van der Waals surface area (Å²) in [7, 11) is 0. The number of ether oxygens (including phenoxy) is 2. The van der Waals surface area contributed by atoms with E-state index >= 15 is 0 Å². The molecule has 0 N–H and O–H groups in total. The highest BCUT2D eigenvalue weighted by molar-refractivity contribution is 6.30. The number of benzene rings is 2. The number of piperidine rings is 2. The Morgan fingerprint density at radius 2 is 1.58 bits per heavy atom. The van der Waals surface area contributed by atoms with Gasteiger partial charge in [-0.05, 0) is 113 Å². The van der Waals surface area contributed by atoms with Gasteiger partial charge in [0, 0.05) is 68.5 Å². The number of anilines is 1. The van der Waals surface area contributed by atoms with E-state index in [1.165, 1.54) is 12.8 Å². The Morgan fingerprint density at radius 3 is 2.23 bits per heavy atom. The zero-order valence-electron chi connectivity index (χ0n) is 31.5. The first kappa shape index (κ1) is 37.8. The highest BCUT2D eigenvalue weighted by Crippen LogP contribution is 2.34. The van der Waals surface area contributed by atoms with Crippen molar-refractivity contribution >= 4 is 23.6 Å². The first-order valence-corrected chi connectivity index (χ1v) is 19.2. The zero-order valence-corrected chi connectivity index (χ0v) is 32.2. The molecule has 0 radical (unpaired) electrons. The molecular formula is C41H54ClN7O3. The zero-order chi connectivity index (χ0) is 36.9. The fourth-order valence-corrected chi connectivity index (χ4v) is 7.90. The van der Waals surface area contributed by atoms with Crippen LogP contribution in [0.25, 0.3) is 0 Å². The monoisotopic (exact) mass is 727 g/mol. The molecule has 1 amide bonds. The standard InChI is InChI=1S/C41H54ClN7O3/c1-40(2,3)52-39(50)49-18-11-30(12-19-49)28-46-16-13-36(14-17-46)47-20-22-48(23-21-47)38-44-15-10-35(45-38)29-51-37-8-6-32(7-9-37)41(4,5)33-24-31(27-43)25-34(42)26-33/h6-10,15,24-26,30,36H,11-14,16-23,28-29H2,1-5H3. The maximum Gasteiger partial charge on any atom is 0.410 e. The van der Waals surface area contributed by atoms with Crippen molar-refractivity contribution in [1.29, 1.82) is 5.26 Å². The molecular weight excluding hydrogens is 674 g/mol. The van der Waals surface area contributed by atoms with E-state index < -0.39 is 5.60 Å². The molecule has 10 nitrogen and oxygen atoms in total. The molecule has 4 heterocycles. The lowest BCUT2D eigenvalue weighted by atomic mass is 9.78. The van der Waals surface area contributed by atoms with Crippen LogP contribution in [0, 0.1) is 17.2 Å². The number of hydrogen-bond acceptors (Lipinski definition) is 9. The predicted molar refractivity (Wildman–Crippen MR) is 205 cm³/mol. The number of nitriles is 1. The van der Waals surface area contributed by atoms with Crippen molar-refractivity contribution in [2.75, 3.05) is 63.8 Å². The smallest absolute Gasteiger partial charge is 0.410 e. The molecule has 1 aromatic heterocycles. The van der Waals surface area contributed by atoms with Crippen molar-refractivity contribution < 1.29 is 14.3 Å². The van der Waals surface area contributed by atoms with Crippen LogP contribution >= 0.6 is 11.6 Å². The molecule has 0 aliphatic carbocycles. The van der Waals surface area contributed by atoms with Gasteiger partial charge >= 0.3 is 6.09 Å². The number of piperazine rings is 1. The fourth-order valence-electron chi connectivity index (χ4n) is 7.67. The Kier molecular flexibility index (Phi) is 11.9. The summed E-state index contributed by atoms with van der Waals surface area (Å²) in [6.45, 7) is 19.3. The maximum atomic E-state index is 12.4. The summed E-state index contributed by atoms with van der Waals surface area (Å²) in [5.41, 5.74) is 2.73. The molecule has 0 unspecified atom stereocenters. The van der Waals surface area contributed by atoms with Crippen LogP contribution in [0.5, 0.6) is 5.75 Å². The van der Waals surface area contributed by atoms with Crippen LogP contribution in [-0.2, 0) is 16.8 Å². The Labute approximate surface area is 314 Å². The summed E-state index contributed by atoms with van der Waals surface area (Å²) in [5.74, 6) is 2.19. The summed E-state index contributed by atoms with van der Waals surface area (Å²) in [6, 6.07) is 18.4. The van der Waals surface area contributed by atoms with E-state index in [-0.39, 0.29) is 11.5 Å². The SMILES string of the molecule is CC(C)(C)OC(=O)N1CCC(CN2CCC(N3CCN(c4nccc(COc5ccc(C(C)(C)c6cc(Cl)cc(C#N)c6)cc5)n4)CC3)CC2)CC1. The molecule has 0 bridgehead atoms. The van der Waals surface area contributed by atoms with Crippen molar-refractivity contribution in [3.05, 3.63) is 82.1 Å². The first-order valence-electron chi connectivity index (χ1n) is 18.8. The van der Waals surface area contributed by atoms with Gasteiger partial charge in [0.15, 0.2) is 0 Å². The topological polar surface area (TPSA) is 98.1 Å². The van der Waals surface area contributed by atoms with Gasteiger partial charge in [-0.2, -0.15) is 5.26 Å². The van der Waals surface area contributed by atoms with E-state index in [1.54, 1.807) is 6.07 Å². The summed E-state index contributed by atoms with van der Waals surface area (Å²) in [4.78, 5) is 31.4. The molecule has 0 atom stereocenters. The van der Waals surface area contributed by atoms with Crippen LogP contribution < -0.4 is 9.64 Å². The van der Waals surface area contributed by atoms with Gasteiger partial charge in [-0.25, -0.2) is 14.8 Å². The van der Waals surface area contributed by atoms with Gasteiger partial charge in [-0.15, -0.1) is 0 Å². The predicted octanol–water partition coefficient (Wildman–Crippen LogP) is 7.14. The fraction of sp³-hybridized carbons (Fsp3) is 0.561. The van der Waals surface area contributed by atoms with Gasteiger partial charge in [-0.1, -0.05) is 37.6 Å². The van der Waals surface area contributed by atoms with Crippen LogP contribution in [0.3, 0.4) is 0 Å². The number of amides is 1. The highest BCUT2D eigenvalue weighted by atomic mass is 35.5. The lowest BCUT2D eigenvalue weighted by Gasteiger charge is -2.43. The van der Waals surface area contributed by atoms with Gasteiger partial charge < -0.3 is 24.2 Å². The first-order chi connectivity index (χ1) is 24.9. The number of carbonyl (C=O) groups excluding carboxylic acids is 1. The van der Waals surface area contributed by atoms with Crippen molar-refractivity contribution in [3.8, 4) is 11.8 Å². The van der Waals surface area contributed by atoms with Crippen molar-refractivity contribution in [2.24, 2.45) is 5.92 Å². The van der Waals surface area contributed by atoms with E-state index in [9.17, 15) is 10.1 Å². The van der Waals surface area contributed by atoms with Gasteiger partial charge in [0.1, 0.15) is 18.0 Å². The Balaban J connectivity index is 0.922. The normalized spacial score (nSPS) is 18.6. The van der Waals surface area contributed by atoms with E-state index in [2.05, 4.69) is 51.7 Å². The highest BCUT2D eigenvalue weighted by Gasteiger charge is 2.31. The quantitative estimate of drug-likeness (QED) is 0.228. The Bertz CT molecular complexity index is 1700. The third-order valence-electron chi connectivity index (χ3n) is 10.9. The second-order valence-corrected chi connectivity index (χ2v) is 16.5. The largest absolute Gasteiger partial charge is 0.487 e. The average molecular weight is 728 g/mol. The third kappa shape index (κ3) is 9.74. The van der Waals surface area contributed by atoms with E-state index in [4.69, 9.17) is 26.1 Å². The second-order valence-electron chi connectivity index (χ2n) is 16.1. The number of rotatable bonds is 9. The Hall–Kier alpha value is -3.91. The van der Waals surface area contributed by atoms with E-state index in [0.717, 1.165) is 100 Å². The molecule has 52 heavy (non-hydrogen) atoms. The summed E-state index contributed by atoms with van der Waals surface area (Å²) >= 11 is 6.30. The minimum atomic E-state index is -0.444. The molecule has 3 saturated heterocycles. The van der Waals surface area contributed by atoms with Gasteiger partial charge in [-0.3, -0.25) is 4.90 Å². The Morgan fingerprint density at radius 1 is 0.885 bits per heavy atom. The van der Waals surface area contributed by atoms with Crippen molar-refractivity contribution in [3.63, 3.8) is 0 Å². The second kappa shape index (κ2) is 16.4. The van der Waals surface area contributed by atoms with Crippen LogP contribution in [0.4, 0.5) is 10.7 Å². The van der Waals surface area contributed by atoms with Crippen molar-refractivity contribution in [2.45, 2.75) is 84.0 Å². The lowest BCUT2D eigenvalue weighted by molar-refractivity contribution is 0.0158. The van der Waals surface area contributed by atoms with Gasteiger partial charge in [0.25, 0.3) is 0 Å². The molecule has 2 aromatic carbocycles. The molecule has 0 spiro atoms. The number of hydrogen-bond donors (Lipinski definition) is 0. The van der Waals surface area contributed by atoms with E-state index in [0.29, 0.717) is 29.2 Å². The lowest BCUT2D eigenvalue weighted by Crippen LogP contribution is -2.54. The number of likely N-dealkylation sites (tertiary alicyclic amines) is 2. The number of aromatic nitrogens is 2. The third-order valence-corrected chi connectivity index (χ3v) is 11.1. The van der Waals surface area contributed by atoms with Crippen LogP contribution in [0.1, 0.15) is 82.7 Å². The van der Waals surface area contributed by atoms with Crippen LogP contribution in [0.2, 0.25) is 5.02 Å². The molecule has 0 saturated carbocycles. The molecule has 6 rings (SSSR count). The molecule has 3 aliphatic heterocycles. The van der Waals surface area contributed by atoms with Crippen LogP contribution in [-0.4, -0.2) is 101 Å². The van der Waals surface area contributed by atoms with Gasteiger partial charge in [0.05, 0.1) is 17.3 Å². The van der Waals surface area contributed by atoms with Gasteiger partial charge in [0.2, 0.25) is 5.95 Å². The molecule has 3 aromatic rings. The van der Waals surface area contributed by atoms with E-state index in [1.807, 2.05) is 62.2 Å². The minimum absolute atomic E-state index is 0.174. The van der Waals surface area contributed by atoms with Crippen LogP contribution in [0.15, 0.2) is 54.7 Å². The number of halogens is 1. The average Bonchev–Trinajstić information content (AvgIpc) is 3.14.